The van der Waals surface area contributed by atoms with E-state index in [-0.39, 0.29) is 11.3 Å². The Morgan fingerprint density at radius 3 is 2.40 bits per heavy atom. The molecule has 0 radical (unpaired) electrons. The first-order valence-corrected chi connectivity index (χ1v) is 9.60. The summed E-state index contributed by atoms with van der Waals surface area (Å²) in [4.78, 5) is 26.2. The third-order valence-electron chi connectivity index (χ3n) is 4.75. The zero-order valence-electron chi connectivity index (χ0n) is 16.3. The van der Waals surface area contributed by atoms with Gasteiger partial charge in [0.2, 0.25) is 0 Å². The molecule has 0 fully saturated rings. The molecule has 30 heavy (non-hydrogen) atoms. The minimum Gasteiger partial charge on any atom is -0.495 e. The molecular weight excluding hydrogens is 402 g/mol. The van der Waals surface area contributed by atoms with E-state index in [1.54, 1.807) is 60.7 Å². The van der Waals surface area contributed by atoms with E-state index in [0.29, 0.717) is 32.9 Å². The van der Waals surface area contributed by atoms with Crippen LogP contribution in [0.4, 0.5) is 5.69 Å². The fourth-order valence-electron chi connectivity index (χ4n) is 3.21. The molecule has 1 N–H and O–H groups in total. The lowest BCUT2D eigenvalue weighted by atomic mass is 10.1. The molecule has 1 amide bonds. The van der Waals surface area contributed by atoms with Crippen molar-refractivity contribution in [2.75, 3.05) is 12.4 Å². The highest BCUT2D eigenvalue weighted by molar-refractivity contribution is 6.31. The van der Waals surface area contributed by atoms with E-state index in [9.17, 15) is 9.59 Å². The Labute approximate surface area is 177 Å². The van der Waals surface area contributed by atoms with Gasteiger partial charge in [-0.3, -0.25) is 9.59 Å². The average Bonchev–Trinajstić information content (AvgIpc) is 2.77. The number of para-hydroxylation sites is 1. The zero-order valence-corrected chi connectivity index (χ0v) is 17.1. The molecule has 150 valence electrons. The van der Waals surface area contributed by atoms with Crippen molar-refractivity contribution in [2.45, 2.75) is 6.92 Å². The second-order valence-electron chi connectivity index (χ2n) is 6.70. The van der Waals surface area contributed by atoms with E-state index in [2.05, 4.69) is 10.4 Å². The minimum absolute atomic E-state index is 0.128. The largest absolute Gasteiger partial charge is 0.495 e. The smallest absolute Gasteiger partial charge is 0.279 e. The summed E-state index contributed by atoms with van der Waals surface area (Å²) in [5.41, 5.74) is 1.66. The summed E-state index contributed by atoms with van der Waals surface area (Å²) < 4.78 is 6.58. The van der Waals surface area contributed by atoms with Gasteiger partial charge in [-0.1, -0.05) is 48.0 Å². The van der Waals surface area contributed by atoms with Crippen molar-refractivity contribution in [3.8, 4) is 11.4 Å². The summed E-state index contributed by atoms with van der Waals surface area (Å²) in [7, 11) is 1.50. The lowest BCUT2D eigenvalue weighted by molar-refractivity contribution is 0.102. The zero-order chi connectivity index (χ0) is 21.3. The molecule has 0 spiro atoms. The highest BCUT2D eigenvalue weighted by atomic mass is 35.5. The van der Waals surface area contributed by atoms with Gasteiger partial charge in [-0.2, -0.15) is 9.78 Å². The molecular formula is C23H18ClN3O3. The Bertz CT molecular complexity index is 1320. The van der Waals surface area contributed by atoms with Crippen LogP contribution in [0.15, 0.2) is 71.5 Å². The van der Waals surface area contributed by atoms with Crippen LogP contribution in [0, 0.1) is 6.92 Å². The number of benzene rings is 3. The van der Waals surface area contributed by atoms with Gasteiger partial charge in [-0.25, -0.2) is 0 Å². The van der Waals surface area contributed by atoms with Crippen LogP contribution in [-0.2, 0) is 0 Å². The quantitative estimate of drug-likeness (QED) is 0.524. The molecule has 4 rings (SSSR count). The number of halogens is 1. The number of methoxy groups -OCH3 is 1. The molecule has 3 aromatic carbocycles. The van der Waals surface area contributed by atoms with Crippen molar-refractivity contribution >= 4 is 34.0 Å². The summed E-state index contributed by atoms with van der Waals surface area (Å²) >= 11 is 6.16. The Morgan fingerprint density at radius 2 is 1.70 bits per heavy atom. The predicted octanol–water partition coefficient (Wildman–Crippen LogP) is 4.61. The van der Waals surface area contributed by atoms with E-state index in [1.807, 2.05) is 13.0 Å². The summed E-state index contributed by atoms with van der Waals surface area (Å²) in [5, 5.41) is 8.63. The number of anilines is 1. The maximum Gasteiger partial charge on any atom is 0.279 e. The van der Waals surface area contributed by atoms with Crippen molar-refractivity contribution in [3.63, 3.8) is 0 Å². The van der Waals surface area contributed by atoms with Gasteiger partial charge in [0.25, 0.3) is 11.5 Å². The topological polar surface area (TPSA) is 73.2 Å². The first-order valence-electron chi connectivity index (χ1n) is 9.22. The van der Waals surface area contributed by atoms with Crippen molar-refractivity contribution in [3.05, 3.63) is 93.4 Å². The minimum atomic E-state index is -0.462. The number of amides is 1. The lowest BCUT2D eigenvalue weighted by Crippen LogP contribution is -2.26. The number of carbonyl (C=O) groups excluding carboxylic acids is 1. The molecule has 0 aliphatic carbocycles. The number of hydrogen-bond donors (Lipinski definition) is 1. The molecule has 7 heteroatoms. The summed E-state index contributed by atoms with van der Waals surface area (Å²) in [6.45, 7) is 1.83. The molecule has 0 atom stereocenters. The maximum absolute atomic E-state index is 13.2. The van der Waals surface area contributed by atoms with Gasteiger partial charge in [-0.05, 0) is 36.8 Å². The van der Waals surface area contributed by atoms with Gasteiger partial charge >= 0.3 is 0 Å². The van der Waals surface area contributed by atoms with E-state index in [4.69, 9.17) is 16.3 Å². The Morgan fingerprint density at radius 1 is 1.03 bits per heavy atom. The molecule has 1 aromatic heterocycles. The third-order valence-corrected chi connectivity index (χ3v) is 5.16. The molecule has 4 aromatic rings. The summed E-state index contributed by atoms with van der Waals surface area (Å²) in [6, 6.07) is 19.3. The molecule has 0 aliphatic heterocycles. The number of nitrogens with one attached hydrogen (secondary N) is 1. The van der Waals surface area contributed by atoms with E-state index >= 15 is 0 Å². The number of ether oxygens (including phenoxy) is 1. The van der Waals surface area contributed by atoms with Gasteiger partial charge in [0.1, 0.15) is 5.75 Å². The van der Waals surface area contributed by atoms with E-state index < -0.39 is 5.91 Å². The van der Waals surface area contributed by atoms with Crippen LogP contribution in [0.3, 0.4) is 0 Å². The van der Waals surface area contributed by atoms with Gasteiger partial charge in [0, 0.05) is 16.5 Å². The van der Waals surface area contributed by atoms with Crippen LogP contribution < -0.4 is 15.6 Å². The molecule has 6 nitrogen and oxygen atoms in total. The SMILES string of the molecule is COc1cc(Cl)c(C)cc1NC(=O)c1nn(-c2ccccc2)c(=O)c2ccccc12. The monoisotopic (exact) mass is 419 g/mol. The molecule has 0 aliphatic rings. The van der Waals surface area contributed by atoms with Crippen molar-refractivity contribution < 1.29 is 9.53 Å². The van der Waals surface area contributed by atoms with E-state index in [1.165, 1.54) is 11.8 Å². The third kappa shape index (κ3) is 3.53. The molecule has 0 unspecified atom stereocenters. The van der Waals surface area contributed by atoms with Crippen LogP contribution in [0.1, 0.15) is 16.1 Å². The van der Waals surface area contributed by atoms with Gasteiger partial charge < -0.3 is 10.1 Å². The summed E-state index contributed by atoms with van der Waals surface area (Å²) in [5.74, 6) is -0.0319. The second-order valence-corrected chi connectivity index (χ2v) is 7.11. The number of rotatable bonds is 4. The second kappa shape index (κ2) is 8.00. The van der Waals surface area contributed by atoms with Gasteiger partial charge in [0.15, 0.2) is 5.69 Å². The maximum atomic E-state index is 13.2. The summed E-state index contributed by atoms with van der Waals surface area (Å²) in [6.07, 6.45) is 0. The molecule has 1 heterocycles. The van der Waals surface area contributed by atoms with Crippen LogP contribution in [0.2, 0.25) is 5.02 Å². The van der Waals surface area contributed by atoms with Crippen molar-refractivity contribution in [1.82, 2.24) is 9.78 Å². The average molecular weight is 420 g/mol. The molecule has 0 bridgehead atoms. The lowest BCUT2D eigenvalue weighted by Gasteiger charge is -2.14. The first-order chi connectivity index (χ1) is 14.5. The van der Waals surface area contributed by atoms with Gasteiger partial charge in [0.05, 0.1) is 23.9 Å². The van der Waals surface area contributed by atoms with Crippen LogP contribution in [0.25, 0.3) is 16.5 Å². The normalized spacial score (nSPS) is 10.8. The Balaban J connectivity index is 1.87. The number of aryl methyl sites for hydroxylation is 1. The molecule has 0 saturated carbocycles. The first kappa shape index (κ1) is 19.7. The van der Waals surface area contributed by atoms with Crippen LogP contribution in [-0.4, -0.2) is 22.8 Å². The molecule has 0 saturated heterocycles. The van der Waals surface area contributed by atoms with Crippen molar-refractivity contribution in [1.29, 1.82) is 0 Å². The van der Waals surface area contributed by atoms with E-state index in [0.717, 1.165) is 5.56 Å². The number of hydrogen-bond acceptors (Lipinski definition) is 4. The predicted molar refractivity (Wildman–Crippen MR) is 118 cm³/mol. The standard InChI is InChI=1S/C23H18ClN3O3/c1-14-12-19(20(30-2)13-18(14)24)25-22(28)21-16-10-6-7-11-17(16)23(29)27(26-21)15-8-4-3-5-9-15/h3-13H,1-2H3,(H,25,28). The van der Waals surface area contributed by atoms with Crippen LogP contribution >= 0.6 is 11.6 Å². The highest BCUT2D eigenvalue weighted by Crippen LogP contribution is 2.31. The fraction of sp³-hybridized carbons (Fsp3) is 0.0870. The number of nitrogens with zero attached hydrogens (tertiary/aromatic N) is 2. The van der Waals surface area contributed by atoms with Crippen LogP contribution in [0.5, 0.6) is 5.75 Å². The Kier molecular flexibility index (Phi) is 5.25. The number of aromatic nitrogens is 2. The highest BCUT2D eigenvalue weighted by Gasteiger charge is 2.19. The fourth-order valence-corrected chi connectivity index (χ4v) is 3.37. The Hall–Kier alpha value is -3.64. The van der Waals surface area contributed by atoms with Crippen molar-refractivity contribution in [2.24, 2.45) is 0 Å². The number of fused-ring (bicyclic) bond motifs is 1. The number of carbonyl (C=O) groups is 1. The van der Waals surface area contributed by atoms with Gasteiger partial charge in [-0.15, -0.1) is 0 Å².